The average Bonchev–Trinajstić information content (AvgIpc) is 3.33. The Labute approximate surface area is 250 Å². The minimum Gasteiger partial charge on any atom is -0.462 e. The van der Waals surface area contributed by atoms with E-state index in [0.29, 0.717) is 0 Å². The van der Waals surface area contributed by atoms with Crippen LogP contribution in [0.25, 0.3) is 22.4 Å². The number of ether oxygens (including phenoxy) is 1. The normalized spacial score (nSPS) is 22.6. The number of nitrogens with zero attached hydrogens (tertiary/aromatic N) is 1. The molecule has 1 fully saturated rings. The number of anilines is 1. The Balaban J connectivity index is 1.87. The average molecular weight is 553 g/mol. The van der Waals surface area contributed by atoms with Crippen molar-refractivity contribution < 1.29 is 38.9 Å². The van der Waals surface area contributed by atoms with Crippen LogP contribution in [0.1, 0.15) is 68.7 Å². The summed E-state index contributed by atoms with van der Waals surface area (Å²) < 4.78 is 122. The summed E-state index contributed by atoms with van der Waals surface area (Å²) in [6.07, 6.45) is -5.46. The lowest BCUT2D eigenvalue weighted by molar-refractivity contribution is -0.160. The molecule has 1 aromatic heterocycles. The van der Waals surface area contributed by atoms with Crippen molar-refractivity contribution >= 4 is 17.6 Å². The lowest BCUT2D eigenvalue weighted by Crippen LogP contribution is -2.33. The van der Waals surface area contributed by atoms with Crippen molar-refractivity contribution in [2.75, 3.05) is 5.31 Å². The zero-order valence-corrected chi connectivity index (χ0v) is 21.7. The van der Waals surface area contributed by atoms with E-state index in [-0.39, 0.29) is 70.4 Å². The van der Waals surface area contributed by atoms with Gasteiger partial charge in [-0.2, -0.15) is 0 Å². The van der Waals surface area contributed by atoms with Crippen molar-refractivity contribution in [2.45, 2.75) is 57.7 Å². The molecule has 5 rings (SSSR count). The number of amides is 1. The molecule has 2 N–H and O–H groups in total. The van der Waals surface area contributed by atoms with E-state index in [1.54, 1.807) is 13.8 Å². The van der Waals surface area contributed by atoms with E-state index in [4.69, 9.17) is 21.3 Å². The lowest BCUT2D eigenvalue weighted by atomic mass is 9.94. The molecule has 0 spiro atoms. The Morgan fingerprint density at radius 2 is 1.85 bits per heavy atom. The van der Waals surface area contributed by atoms with Crippen LogP contribution in [0.2, 0.25) is 1.41 Å². The maximum absolute atomic E-state index is 14.7. The molecule has 0 radical (unpaired) electrons. The van der Waals surface area contributed by atoms with Gasteiger partial charge in [-0.05, 0) is 53.3 Å². The molecule has 0 saturated carbocycles. The maximum Gasteiger partial charge on any atom is 0.308 e. The van der Waals surface area contributed by atoms with Gasteiger partial charge in [0.15, 0.2) is 1.41 Å². The van der Waals surface area contributed by atoms with Crippen LogP contribution < -0.4 is 5.31 Å². The second kappa shape index (κ2) is 11.9. The molecule has 7 heteroatoms. The lowest BCUT2D eigenvalue weighted by Gasteiger charge is -2.27. The Morgan fingerprint density at radius 3 is 2.50 bits per heavy atom. The van der Waals surface area contributed by atoms with Gasteiger partial charge in [0.2, 0.25) is 1.43 Å². The summed E-state index contributed by atoms with van der Waals surface area (Å²) in [4.78, 5) is 27.3. The summed E-state index contributed by atoms with van der Waals surface area (Å²) in [6.45, 7) is 3.16. The molecular formula is C33H33FN2O4. The molecule has 40 heavy (non-hydrogen) atoms. The third-order valence-corrected chi connectivity index (χ3v) is 6.36. The summed E-state index contributed by atoms with van der Waals surface area (Å²) >= 11 is 0. The number of halogens is 1. The van der Waals surface area contributed by atoms with E-state index in [0.717, 1.165) is 36.4 Å². The van der Waals surface area contributed by atoms with Crippen molar-refractivity contribution in [3.05, 3.63) is 102 Å². The molecule has 1 aliphatic rings. The van der Waals surface area contributed by atoms with Gasteiger partial charge in [0.1, 0.15) is 11.9 Å². The summed E-state index contributed by atoms with van der Waals surface area (Å²) in [6, 6.07) is 2.75. The van der Waals surface area contributed by atoms with Gasteiger partial charge in [-0.1, -0.05) is 62.3 Å². The largest absolute Gasteiger partial charge is 0.462 e. The van der Waals surface area contributed by atoms with Crippen LogP contribution >= 0.6 is 0 Å². The zero-order chi connectivity index (χ0) is 38.6. The highest BCUT2D eigenvalue weighted by atomic mass is 19.1. The van der Waals surface area contributed by atoms with Gasteiger partial charge in [0, 0.05) is 39.1 Å². The van der Waals surface area contributed by atoms with E-state index < -0.39 is 84.1 Å². The predicted molar refractivity (Wildman–Crippen MR) is 153 cm³/mol. The quantitative estimate of drug-likeness (QED) is 0.224. The van der Waals surface area contributed by atoms with Crippen LogP contribution in [0.5, 0.6) is 0 Å². The number of rotatable bonds is 9. The number of aliphatic hydroxyl groups is 1. The number of aliphatic hydroxyl groups excluding tert-OH is 1. The fraction of sp³-hybridized carbons (Fsp3) is 0.273. The maximum atomic E-state index is 14.7. The molecule has 2 heterocycles. The molecular weight excluding hydrogens is 507 g/mol. The molecule has 1 amide bonds. The van der Waals surface area contributed by atoms with Crippen LogP contribution in [0.15, 0.2) is 84.7 Å². The molecule has 1 aliphatic heterocycles. The van der Waals surface area contributed by atoms with Gasteiger partial charge < -0.3 is 19.7 Å². The first-order chi connectivity index (χ1) is 24.3. The van der Waals surface area contributed by atoms with E-state index in [1.165, 1.54) is 4.57 Å². The number of carbonyl (C=O) groups is 2. The smallest absolute Gasteiger partial charge is 0.308 e. The number of carbonyl (C=O) groups excluding carboxylic acids is 2. The highest BCUT2D eigenvalue weighted by molar-refractivity contribution is 6.12. The number of nitrogens with one attached hydrogen (secondary N) is 1. The van der Waals surface area contributed by atoms with Gasteiger partial charge in [-0.3, -0.25) is 9.59 Å². The van der Waals surface area contributed by atoms with Gasteiger partial charge in [-0.25, -0.2) is 4.39 Å². The zero-order valence-electron chi connectivity index (χ0n) is 33.7. The van der Waals surface area contributed by atoms with Gasteiger partial charge in [-0.15, -0.1) is 0 Å². The SMILES string of the molecule is [2H]O[C@@H]1C[C@@H](CCn2c(-c3c([2H])cc(F)cc3[2H])c(-c3c([2H])cc([2H])cc3[2H])c(C(=O)N([2H])c3c([2H])cc([2H])cc3[2H])c2C(C)C)OC(=O)C1([2H])[2H]. The number of cyclic esters (lactones) is 1. The molecule has 0 aliphatic carbocycles. The standard InChI is InChI=1S/C33H33FN2O4/c1-21(2)31-30(33(39)35-25-11-7-4-8-12-25)29(22-9-5-3-6-10-22)32(23-13-15-24(34)16-14-23)36(31)18-17-27-19-26(37)20-28(38)40-27/h3-16,21,26-27,37H,17-20H2,1-2H3,(H,35,39)/t26-,27-/m1/s1/i3D,4D,9D,10D,11D,12D,13D,14D,20D2,37D/hD. The highest BCUT2D eigenvalue weighted by Crippen LogP contribution is 2.42. The van der Waals surface area contributed by atoms with E-state index in [2.05, 4.69) is 5.11 Å². The second-order valence-corrected chi connectivity index (χ2v) is 9.44. The molecule has 3 aromatic carbocycles. The minimum absolute atomic E-state index is 0.103. The number of hydrogen-bond donors (Lipinski definition) is 2. The Hall–Kier alpha value is -4.23. The Morgan fingerprint density at radius 1 is 1.18 bits per heavy atom. The molecule has 0 unspecified atom stereocenters. The molecule has 4 aromatic rings. The number of benzene rings is 3. The molecule has 0 bridgehead atoms. The third kappa shape index (κ3) is 5.84. The Kier molecular flexibility index (Phi) is 4.79. The summed E-state index contributed by atoms with van der Waals surface area (Å²) in [7, 11) is 0. The predicted octanol–water partition coefficient (Wildman–Crippen LogP) is 6.79. The molecule has 2 atom stereocenters. The first-order valence-electron chi connectivity index (χ1n) is 18.5. The van der Waals surface area contributed by atoms with E-state index >= 15 is 0 Å². The van der Waals surface area contributed by atoms with E-state index in [9.17, 15) is 14.0 Å². The molecule has 6 nitrogen and oxygen atoms in total. The number of hydrogen-bond acceptors (Lipinski definition) is 4. The Bertz CT molecular complexity index is 2020. The van der Waals surface area contributed by atoms with E-state index in [1.807, 2.05) is 0 Å². The molecule has 206 valence electrons. The highest BCUT2D eigenvalue weighted by Gasteiger charge is 2.32. The van der Waals surface area contributed by atoms with Gasteiger partial charge in [0.25, 0.3) is 5.91 Å². The van der Waals surface area contributed by atoms with Crippen molar-refractivity contribution in [2.24, 2.45) is 0 Å². The topological polar surface area (TPSA) is 80.6 Å². The van der Waals surface area contributed by atoms with Crippen molar-refractivity contribution in [3.8, 4) is 22.4 Å². The fourth-order valence-corrected chi connectivity index (χ4v) is 4.78. The first kappa shape index (κ1) is 16.1. The monoisotopic (exact) mass is 552 g/mol. The van der Waals surface area contributed by atoms with Crippen LogP contribution in [0.4, 0.5) is 10.1 Å². The van der Waals surface area contributed by atoms with Crippen molar-refractivity contribution in [1.82, 2.24) is 4.57 Å². The number of esters is 1. The van der Waals surface area contributed by atoms with Gasteiger partial charge in [0.05, 0.1) is 34.7 Å². The van der Waals surface area contributed by atoms with Crippen LogP contribution in [0.3, 0.4) is 0 Å². The summed E-state index contributed by atoms with van der Waals surface area (Å²) in [5.41, 5.74) is -1.46. The third-order valence-electron chi connectivity index (χ3n) is 6.36. The van der Waals surface area contributed by atoms with Crippen molar-refractivity contribution in [1.29, 1.82) is 1.43 Å². The van der Waals surface area contributed by atoms with Gasteiger partial charge >= 0.3 is 5.97 Å². The van der Waals surface area contributed by atoms with Crippen LogP contribution in [-0.4, -0.2) is 35.2 Å². The molecule has 1 saturated heterocycles. The fourth-order valence-electron chi connectivity index (χ4n) is 4.78. The minimum atomic E-state index is -2.61. The first-order valence-corrected chi connectivity index (χ1v) is 12.7. The summed E-state index contributed by atoms with van der Waals surface area (Å²) in [5, 5.41) is 4.79. The van der Waals surface area contributed by atoms with Crippen LogP contribution in [-0.2, 0) is 16.1 Å². The van der Waals surface area contributed by atoms with Crippen molar-refractivity contribution in [3.63, 3.8) is 0 Å². The number of aromatic nitrogens is 1. The number of para-hydroxylation sites is 1. The second-order valence-electron chi connectivity index (χ2n) is 9.44. The van der Waals surface area contributed by atoms with Crippen LogP contribution in [0, 0.1) is 5.82 Å². The summed E-state index contributed by atoms with van der Waals surface area (Å²) in [5.74, 6) is -3.96.